The van der Waals surface area contributed by atoms with E-state index in [2.05, 4.69) is 20.9 Å². The molecule has 0 aromatic carbocycles. The van der Waals surface area contributed by atoms with Gasteiger partial charge in [-0.15, -0.1) is 0 Å². The van der Waals surface area contributed by atoms with E-state index < -0.39 is 17.9 Å². The average molecular weight is 265 g/mol. The van der Waals surface area contributed by atoms with Gasteiger partial charge in [-0.2, -0.15) is 5.26 Å². The molecule has 1 rings (SSSR count). The summed E-state index contributed by atoms with van der Waals surface area (Å²) < 4.78 is 37.6. The van der Waals surface area contributed by atoms with Gasteiger partial charge in [-0.25, -0.2) is 18.2 Å². The van der Waals surface area contributed by atoms with Gasteiger partial charge in [0, 0.05) is 10.9 Å². The second-order valence-corrected chi connectivity index (χ2v) is 2.97. The number of alkyl halides is 3. The summed E-state index contributed by atoms with van der Waals surface area (Å²) >= 11 is 2.93. The standard InChI is InChI=1S/C8H4BrF3N2/c9-2-4-1-5(3-13)14-7(6(4)10)8(11)12/h1,8H,2H2. The van der Waals surface area contributed by atoms with Crippen molar-refractivity contribution in [1.82, 2.24) is 4.98 Å². The summed E-state index contributed by atoms with van der Waals surface area (Å²) in [6.07, 6.45) is -3.01. The molecule has 1 aromatic heterocycles. The number of pyridine rings is 1. The van der Waals surface area contributed by atoms with E-state index in [9.17, 15) is 13.2 Å². The fourth-order valence-electron chi connectivity index (χ4n) is 0.903. The Morgan fingerprint density at radius 3 is 2.64 bits per heavy atom. The number of hydrogen-bond acceptors (Lipinski definition) is 2. The summed E-state index contributed by atoms with van der Waals surface area (Å²) in [5.41, 5.74) is -1.18. The molecule has 6 heteroatoms. The lowest BCUT2D eigenvalue weighted by atomic mass is 10.2. The third-order valence-corrected chi connectivity index (χ3v) is 2.13. The number of aromatic nitrogens is 1. The quantitative estimate of drug-likeness (QED) is 0.771. The molecule has 0 bridgehead atoms. The molecule has 0 radical (unpaired) electrons. The molecule has 0 saturated heterocycles. The van der Waals surface area contributed by atoms with Gasteiger partial charge < -0.3 is 0 Å². The van der Waals surface area contributed by atoms with Crippen molar-refractivity contribution in [3.63, 3.8) is 0 Å². The first-order chi connectivity index (χ1) is 6.60. The third kappa shape index (κ3) is 2.04. The van der Waals surface area contributed by atoms with Gasteiger partial charge >= 0.3 is 0 Å². The van der Waals surface area contributed by atoms with Crippen molar-refractivity contribution < 1.29 is 13.2 Å². The Bertz CT molecular complexity index is 387. The molecule has 0 N–H and O–H groups in total. The van der Waals surface area contributed by atoms with Crippen molar-refractivity contribution in [3.05, 3.63) is 28.8 Å². The van der Waals surface area contributed by atoms with Crippen LogP contribution in [0.25, 0.3) is 0 Å². The summed E-state index contributed by atoms with van der Waals surface area (Å²) in [6.45, 7) is 0. The number of hydrogen-bond donors (Lipinski definition) is 0. The summed E-state index contributed by atoms with van der Waals surface area (Å²) in [6, 6.07) is 2.73. The molecule has 14 heavy (non-hydrogen) atoms. The van der Waals surface area contributed by atoms with Gasteiger partial charge in [0.25, 0.3) is 6.43 Å². The minimum atomic E-state index is -3.01. The van der Waals surface area contributed by atoms with E-state index in [1.807, 2.05) is 0 Å². The van der Waals surface area contributed by atoms with Gasteiger partial charge in [0.05, 0.1) is 0 Å². The highest BCUT2D eigenvalue weighted by atomic mass is 79.9. The van der Waals surface area contributed by atoms with E-state index in [1.54, 1.807) is 6.07 Å². The van der Waals surface area contributed by atoms with E-state index in [4.69, 9.17) is 5.26 Å². The van der Waals surface area contributed by atoms with Crippen molar-refractivity contribution in [1.29, 1.82) is 5.26 Å². The highest BCUT2D eigenvalue weighted by Gasteiger charge is 2.19. The lowest BCUT2D eigenvalue weighted by Gasteiger charge is -2.05. The molecule has 74 valence electrons. The van der Waals surface area contributed by atoms with Crippen LogP contribution in [-0.2, 0) is 5.33 Å². The predicted molar refractivity (Wildman–Crippen MR) is 46.5 cm³/mol. The van der Waals surface area contributed by atoms with Crippen LogP contribution in [0.2, 0.25) is 0 Å². The zero-order chi connectivity index (χ0) is 10.7. The Hall–Kier alpha value is -1.09. The van der Waals surface area contributed by atoms with Gasteiger partial charge in [-0.1, -0.05) is 15.9 Å². The minimum Gasteiger partial charge on any atom is -0.233 e. The van der Waals surface area contributed by atoms with Crippen LogP contribution in [0, 0.1) is 17.1 Å². The average Bonchev–Trinajstić information content (AvgIpc) is 2.17. The Balaban J connectivity index is 3.36. The van der Waals surface area contributed by atoms with E-state index >= 15 is 0 Å². The molecular formula is C8H4BrF3N2. The molecule has 0 amide bonds. The second kappa shape index (κ2) is 4.42. The maximum atomic E-state index is 13.2. The second-order valence-electron chi connectivity index (χ2n) is 2.41. The molecule has 0 unspecified atom stereocenters. The first kappa shape index (κ1) is 11.0. The van der Waals surface area contributed by atoms with Gasteiger partial charge in [-0.3, -0.25) is 0 Å². The van der Waals surface area contributed by atoms with Gasteiger partial charge in [0.15, 0.2) is 5.82 Å². The van der Waals surface area contributed by atoms with Crippen LogP contribution in [0.15, 0.2) is 6.07 Å². The highest BCUT2D eigenvalue weighted by molar-refractivity contribution is 9.08. The highest BCUT2D eigenvalue weighted by Crippen LogP contribution is 2.24. The predicted octanol–water partition coefficient (Wildman–Crippen LogP) is 2.92. The molecule has 0 spiro atoms. The van der Waals surface area contributed by atoms with Crippen molar-refractivity contribution in [2.75, 3.05) is 0 Å². The fraction of sp³-hybridized carbons (Fsp3) is 0.250. The lowest BCUT2D eigenvalue weighted by Crippen LogP contribution is -2.02. The molecule has 0 aliphatic rings. The van der Waals surface area contributed by atoms with E-state index in [-0.39, 0.29) is 16.6 Å². The normalized spacial score (nSPS) is 10.3. The van der Waals surface area contributed by atoms with Crippen LogP contribution in [-0.4, -0.2) is 4.98 Å². The van der Waals surface area contributed by atoms with E-state index in [1.165, 1.54) is 0 Å². The Morgan fingerprint density at radius 1 is 1.57 bits per heavy atom. The molecular weight excluding hydrogens is 261 g/mol. The molecule has 1 heterocycles. The SMILES string of the molecule is N#Cc1cc(CBr)c(F)c(C(F)F)n1. The van der Waals surface area contributed by atoms with Crippen LogP contribution in [0.5, 0.6) is 0 Å². The molecule has 0 atom stereocenters. The van der Waals surface area contributed by atoms with Crippen LogP contribution in [0.4, 0.5) is 13.2 Å². The number of nitriles is 1. The topological polar surface area (TPSA) is 36.7 Å². The number of rotatable bonds is 2. The smallest absolute Gasteiger partial charge is 0.233 e. The summed E-state index contributed by atoms with van der Waals surface area (Å²) in [5, 5.41) is 8.52. The monoisotopic (exact) mass is 264 g/mol. The molecule has 0 aliphatic carbocycles. The lowest BCUT2D eigenvalue weighted by molar-refractivity contribution is 0.140. The first-order valence-corrected chi connectivity index (χ1v) is 4.65. The van der Waals surface area contributed by atoms with Crippen molar-refractivity contribution >= 4 is 15.9 Å². The number of nitrogens with zero attached hydrogens (tertiary/aromatic N) is 2. The van der Waals surface area contributed by atoms with E-state index in [0.717, 1.165) is 6.07 Å². The van der Waals surface area contributed by atoms with Crippen LogP contribution < -0.4 is 0 Å². The van der Waals surface area contributed by atoms with Gasteiger partial charge in [0.2, 0.25) is 0 Å². The zero-order valence-corrected chi connectivity index (χ0v) is 8.35. The Kier molecular flexibility index (Phi) is 3.47. The molecule has 1 aromatic rings. The van der Waals surface area contributed by atoms with E-state index in [0.29, 0.717) is 0 Å². The fourth-order valence-corrected chi connectivity index (χ4v) is 1.31. The van der Waals surface area contributed by atoms with Crippen molar-refractivity contribution in [3.8, 4) is 6.07 Å². The molecule has 2 nitrogen and oxygen atoms in total. The molecule has 0 saturated carbocycles. The Morgan fingerprint density at radius 2 is 2.21 bits per heavy atom. The van der Waals surface area contributed by atoms with Crippen LogP contribution in [0.1, 0.15) is 23.4 Å². The van der Waals surface area contributed by atoms with Crippen molar-refractivity contribution in [2.24, 2.45) is 0 Å². The summed E-state index contributed by atoms with van der Waals surface area (Å²) in [7, 11) is 0. The largest absolute Gasteiger partial charge is 0.283 e. The minimum absolute atomic E-state index is 0.00634. The first-order valence-electron chi connectivity index (χ1n) is 3.53. The summed E-state index contributed by atoms with van der Waals surface area (Å²) in [4.78, 5) is 3.19. The maximum Gasteiger partial charge on any atom is 0.283 e. The molecule has 0 aliphatic heterocycles. The third-order valence-electron chi connectivity index (χ3n) is 1.52. The van der Waals surface area contributed by atoms with Gasteiger partial charge in [0.1, 0.15) is 17.5 Å². The maximum absolute atomic E-state index is 13.2. The zero-order valence-electron chi connectivity index (χ0n) is 6.77. The van der Waals surface area contributed by atoms with Crippen LogP contribution in [0.3, 0.4) is 0 Å². The van der Waals surface area contributed by atoms with Crippen molar-refractivity contribution in [2.45, 2.75) is 11.8 Å². The molecule has 0 fully saturated rings. The summed E-state index contributed by atoms with van der Waals surface area (Å²) in [5.74, 6) is -1.06. The van der Waals surface area contributed by atoms with Crippen LogP contribution >= 0.6 is 15.9 Å². The van der Waals surface area contributed by atoms with Gasteiger partial charge in [-0.05, 0) is 6.07 Å². The Labute approximate surface area is 86.5 Å². The number of halogens is 4.